The second kappa shape index (κ2) is 7.57. The van der Waals surface area contributed by atoms with Crippen molar-refractivity contribution in [1.82, 2.24) is 20.1 Å². The molecule has 0 spiro atoms. The Labute approximate surface area is 183 Å². The van der Waals surface area contributed by atoms with Gasteiger partial charge in [0.05, 0.1) is 36.3 Å². The molecule has 0 aliphatic heterocycles. The average molecular weight is 423 g/mol. The lowest BCUT2D eigenvalue weighted by atomic mass is 10.1. The van der Waals surface area contributed by atoms with Crippen molar-refractivity contribution in [3.8, 4) is 5.75 Å². The minimum Gasteiger partial charge on any atom is -0.492 e. The van der Waals surface area contributed by atoms with Crippen molar-refractivity contribution in [3.05, 3.63) is 36.2 Å². The van der Waals surface area contributed by atoms with Crippen molar-refractivity contribution in [2.24, 2.45) is 5.92 Å². The summed E-state index contributed by atoms with van der Waals surface area (Å²) in [5.74, 6) is -0.178. The highest BCUT2D eigenvalue weighted by atomic mass is 16.5. The summed E-state index contributed by atoms with van der Waals surface area (Å²) in [7, 11) is 1.56. The molecule has 3 aromatic rings. The first kappa shape index (κ1) is 16.1. The van der Waals surface area contributed by atoms with E-state index in [2.05, 4.69) is 20.7 Å². The number of carbonyl (C=O) groups is 2. The maximum absolute atomic E-state index is 12.7. The molecule has 31 heavy (non-hydrogen) atoms. The predicted molar refractivity (Wildman–Crippen MR) is 117 cm³/mol. The Morgan fingerprint density at radius 2 is 2.03 bits per heavy atom. The van der Waals surface area contributed by atoms with E-state index in [1.54, 1.807) is 19.4 Å². The molecule has 5 rings (SSSR count). The van der Waals surface area contributed by atoms with Crippen LogP contribution in [0.15, 0.2) is 30.6 Å². The number of methoxy groups -OCH3 is 1. The van der Waals surface area contributed by atoms with Gasteiger partial charge in [0, 0.05) is 34.7 Å². The van der Waals surface area contributed by atoms with Crippen molar-refractivity contribution >= 4 is 39.9 Å². The number of hydrogen-bond donors (Lipinski definition) is 3. The molecule has 2 aliphatic carbocycles. The topological polar surface area (TPSA) is 110 Å². The number of anilines is 3. The lowest BCUT2D eigenvalue weighted by molar-refractivity contribution is -0.117. The Kier molecular flexibility index (Phi) is 3.94. The Hall–Kier alpha value is -3.62. The van der Waals surface area contributed by atoms with Gasteiger partial charge in [-0.3, -0.25) is 14.3 Å². The van der Waals surface area contributed by atoms with Crippen LogP contribution in [0.3, 0.4) is 0 Å². The molecule has 0 atom stereocenters. The number of hydrogen-bond acceptors (Lipinski definition) is 6. The standard InChI is InChI=1S/C22H24N6O3/c1-23-22(30)15-11-24-18(27-21(29)12-3-4-12)9-17(15)26-16-8-5-13-10-25-28(14-6-7-14)19(13)20(16)31-2/h5,8-12,14H,3-4,6-7H2,1-2H3,(H,23,30)(H2,24,26,27,29)/i1D3. The molecule has 0 saturated heterocycles. The van der Waals surface area contributed by atoms with E-state index in [-0.39, 0.29) is 28.9 Å². The van der Waals surface area contributed by atoms with Crippen LogP contribution in [0, 0.1) is 5.92 Å². The van der Waals surface area contributed by atoms with E-state index in [9.17, 15) is 9.59 Å². The molecule has 0 unspecified atom stereocenters. The quantitative estimate of drug-likeness (QED) is 0.538. The highest BCUT2D eigenvalue weighted by Crippen LogP contribution is 2.42. The first-order chi connectivity index (χ1) is 16.2. The van der Waals surface area contributed by atoms with Crippen LogP contribution in [0.5, 0.6) is 5.75 Å². The van der Waals surface area contributed by atoms with Gasteiger partial charge in [0.15, 0.2) is 5.75 Å². The van der Waals surface area contributed by atoms with E-state index in [0.29, 0.717) is 17.5 Å². The molecule has 0 radical (unpaired) electrons. The van der Waals surface area contributed by atoms with Gasteiger partial charge in [0.2, 0.25) is 5.91 Å². The first-order valence-electron chi connectivity index (χ1n) is 11.7. The van der Waals surface area contributed by atoms with Gasteiger partial charge >= 0.3 is 0 Å². The highest BCUT2D eigenvalue weighted by molar-refractivity contribution is 6.02. The number of benzene rings is 1. The third kappa shape index (κ3) is 3.67. The van der Waals surface area contributed by atoms with Gasteiger partial charge in [-0.05, 0) is 37.8 Å². The average Bonchev–Trinajstić information content (AvgIpc) is 3.70. The molecular weight excluding hydrogens is 396 g/mol. The Morgan fingerprint density at radius 1 is 1.19 bits per heavy atom. The predicted octanol–water partition coefficient (Wildman–Crippen LogP) is 3.23. The number of rotatable bonds is 7. The van der Waals surface area contributed by atoms with Crippen LogP contribution in [0.2, 0.25) is 0 Å². The third-order valence-corrected chi connectivity index (χ3v) is 5.54. The number of aromatic nitrogens is 3. The lowest BCUT2D eigenvalue weighted by Gasteiger charge is -2.16. The van der Waals surface area contributed by atoms with E-state index in [4.69, 9.17) is 8.85 Å². The summed E-state index contributed by atoms with van der Waals surface area (Å²) in [5.41, 5.74) is 1.68. The summed E-state index contributed by atoms with van der Waals surface area (Å²) in [5, 5.41) is 13.3. The van der Waals surface area contributed by atoms with Crippen molar-refractivity contribution in [1.29, 1.82) is 0 Å². The second-order valence-corrected chi connectivity index (χ2v) is 7.86. The highest BCUT2D eigenvalue weighted by Gasteiger charge is 2.30. The normalized spacial score (nSPS) is 17.4. The first-order valence-corrected chi connectivity index (χ1v) is 10.2. The third-order valence-electron chi connectivity index (χ3n) is 5.54. The maximum Gasteiger partial charge on any atom is 0.254 e. The van der Waals surface area contributed by atoms with Gasteiger partial charge in [0.1, 0.15) is 11.3 Å². The number of nitrogens with zero attached hydrogens (tertiary/aromatic N) is 3. The fourth-order valence-corrected chi connectivity index (χ4v) is 3.60. The molecule has 2 saturated carbocycles. The van der Waals surface area contributed by atoms with Gasteiger partial charge in [-0.1, -0.05) is 0 Å². The van der Waals surface area contributed by atoms with Gasteiger partial charge in [0.25, 0.3) is 5.91 Å². The number of fused-ring (bicyclic) bond motifs is 1. The van der Waals surface area contributed by atoms with E-state index in [1.807, 2.05) is 16.1 Å². The Balaban J connectivity index is 1.54. The zero-order valence-corrected chi connectivity index (χ0v) is 16.9. The zero-order valence-electron chi connectivity index (χ0n) is 19.9. The Bertz CT molecular complexity index is 1280. The smallest absolute Gasteiger partial charge is 0.254 e. The number of amides is 2. The van der Waals surface area contributed by atoms with Crippen LogP contribution >= 0.6 is 0 Å². The van der Waals surface area contributed by atoms with Crippen LogP contribution in [0.1, 0.15) is 46.2 Å². The minimum absolute atomic E-state index is 0.0124. The summed E-state index contributed by atoms with van der Waals surface area (Å²) in [6.07, 6.45) is 6.79. The molecule has 9 nitrogen and oxygen atoms in total. The second-order valence-electron chi connectivity index (χ2n) is 7.86. The molecule has 1 aromatic carbocycles. The lowest BCUT2D eigenvalue weighted by Crippen LogP contribution is -2.20. The number of ether oxygens (including phenoxy) is 1. The fraction of sp³-hybridized carbons (Fsp3) is 0.364. The van der Waals surface area contributed by atoms with Crippen LogP contribution < -0.4 is 20.7 Å². The van der Waals surface area contributed by atoms with E-state index < -0.39 is 12.9 Å². The molecule has 9 heteroatoms. The van der Waals surface area contributed by atoms with Gasteiger partial charge < -0.3 is 20.7 Å². The fourth-order valence-electron chi connectivity index (χ4n) is 3.60. The number of carbonyl (C=O) groups excluding carboxylic acids is 2. The zero-order chi connectivity index (χ0) is 24.0. The van der Waals surface area contributed by atoms with Gasteiger partial charge in [-0.15, -0.1) is 0 Å². The van der Waals surface area contributed by atoms with Crippen molar-refractivity contribution < 1.29 is 18.4 Å². The summed E-state index contributed by atoms with van der Waals surface area (Å²) in [6.45, 7) is -2.67. The molecule has 2 aliphatic rings. The van der Waals surface area contributed by atoms with Crippen molar-refractivity contribution in [3.63, 3.8) is 0 Å². The molecule has 2 aromatic heterocycles. The molecule has 2 fully saturated rings. The van der Waals surface area contributed by atoms with Gasteiger partial charge in [-0.25, -0.2) is 4.98 Å². The largest absolute Gasteiger partial charge is 0.492 e. The van der Waals surface area contributed by atoms with Crippen LogP contribution in [-0.2, 0) is 4.79 Å². The van der Waals surface area contributed by atoms with Crippen LogP contribution in [0.4, 0.5) is 17.2 Å². The van der Waals surface area contributed by atoms with Crippen molar-refractivity contribution in [2.45, 2.75) is 31.7 Å². The van der Waals surface area contributed by atoms with Crippen molar-refractivity contribution in [2.75, 3.05) is 24.7 Å². The molecule has 160 valence electrons. The van der Waals surface area contributed by atoms with Crippen LogP contribution in [-0.4, -0.2) is 40.7 Å². The van der Waals surface area contributed by atoms with E-state index in [1.165, 1.54) is 12.3 Å². The summed E-state index contributed by atoms with van der Waals surface area (Å²) < 4.78 is 29.8. The molecule has 0 bridgehead atoms. The monoisotopic (exact) mass is 423 g/mol. The molecule has 3 N–H and O–H groups in total. The van der Waals surface area contributed by atoms with Gasteiger partial charge in [-0.2, -0.15) is 5.10 Å². The van der Waals surface area contributed by atoms with E-state index >= 15 is 0 Å². The summed E-state index contributed by atoms with van der Waals surface area (Å²) in [4.78, 5) is 29.1. The summed E-state index contributed by atoms with van der Waals surface area (Å²) >= 11 is 0. The number of nitrogens with one attached hydrogen (secondary N) is 3. The minimum atomic E-state index is -2.67. The SMILES string of the molecule is [2H]C([2H])([2H])NC(=O)c1cnc(NC(=O)C2CC2)cc1Nc1ccc2cnn(C3CC3)c2c1OC. The molecule has 2 heterocycles. The van der Waals surface area contributed by atoms with E-state index in [0.717, 1.165) is 36.6 Å². The molecule has 2 amide bonds. The maximum atomic E-state index is 12.7. The Morgan fingerprint density at radius 3 is 2.74 bits per heavy atom. The number of pyridine rings is 1. The van der Waals surface area contributed by atoms with Crippen LogP contribution in [0.25, 0.3) is 10.9 Å². The molecular formula is C22H24N6O3. The summed E-state index contributed by atoms with van der Waals surface area (Å²) in [6, 6.07) is 5.53.